The van der Waals surface area contributed by atoms with Gasteiger partial charge in [0.2, 0.25) is 0 Å². The van der Waals surface area contributed by atoms with Gasteiger partial charge in [-0.05, 0) is 18.2 Å². The maximum Gasteiger partial charge on any atom is 0.416 e. The average Bonchev–Trinajstić information content (AvgIpc) is 2.48. The molecule has 2 rings (SSSR count). The van der Waals surface area contributed by atoms with Gasteiger partial charge < -0.3 is 16.4 Å². The monoisotopic (exact) mass is 309 g/mol. The van der Waals surface area contributed by atoms with Crippen LogP contribution in [0.3, 0.4) is 0 Å². The molecule has 0 fully saturated rings. The van der Waals surface area contributed by atoms with Gasteiger partial charge in [0.1, 0.15) is 12.0 Å². The van der Waals surface area contributed by atoms with Gasteiger partial charge in [-0.1, -0.05) is 12.1 Å². The van der Waals surface area contributed by atoms with Gasteiger partial charge in [-0.3, -0.25) is 0 Å². The SMILES string of the molecule is C=CCNc1ncnc(Nc2cccc(C(F)(F)F)c2)c1N. The van der Waals surface area contributed by atoms with Crippen molar-refractivity contribution in [1.82, 2.24) is 9.97 Å². The number of nitrogen functional groups attached to an aromatic ring is 1. The van der Waals surface area contributed by atoms with E-state index in [4.69, 9.17) is 5.73 Å². The first kappa shape index (κ1) is 15.6. The van der Waals surface area contributed by atoms with Gasteiger partial charge in [-0.2, -0.15) is 13.2 Å². The van der Waals surface area contributed by atoms with Crippen LogP contribution >= 0.6 is 0 Å². The van der Waals surface area contributed by atoms with Gasteiger partial charge >= 0.3 is 6.18 Å². The molecule has 0 saturated carbocycles. The molecule has 1 heterocycles. The first-order valence-corrected chi connectivity index (χ1v) is 6.31. The molecule has 0 aliphatic carbocycles. The molecule has 4 N–H and O–H groups in total. The number of nitrogens with two attached hydrogens (primary N) is 1. The Morgan fingerprint density at radius 2 is 1.95 bits per heavy atom. The number of halogens is 3. The lowest BCUT2D eigenvalue weighted by Crippen LogP contribution is -2.08. The van der Waals surface area contributed by atoms with Crippen molar-refractivity contribution in [3.8, 4) is 0 Å². The summed E-state index contributed by atoms with van der Waals surface area (Å²) in [5.74, 6) is 0.602. The molecule has 0 unspecified atom stereocenters. The number of benzene rings is 1. The van der Waals surface area contributed by atoms with Crippen molar-refractivity contribution >= 4 is 23.0 Å². The van der Waals surface area contributed by atoms with Crippen molar-refractivity contribution in [2.75, 3.05) is 22.9 Å². The second-order valence-corrected chi connectivity index (χ2v) is 4.36. The number of nitrogens with one attached hydrogen (secondary N) is 2. The van der Waals surface area contributed by atoms with Crippen LogP contribution in [0.25, 0.3) is 0 Å². The predicted octanol–water partition coefficient (Wildman–Crippen LogP) is 3.42. The minimum Gasteiger partial charge on any atom is -0.393 e. The van der Waals surface area contributed by atoms with E-state index in [-0.39, 0.29) is 17.2 Å². The Hall–Kier alpha value is -2.77. The molecule has 1 aromatic carbocycles. The molecular formula is C14H14F3N5. The first-order chi connectivity index (χ1) is 10.4. The fourth-order valence-corrected chi connectivity index (χ4v) is 1.71. The zero-order valence-corrected chi connectivity index (χ0v) is 11.5. The number of hydrogen-bond acceptors (Lipinski definition) is 5. The van der Waals surface area contributed by atoms with Gasteiger partial charge in [-0.15, -0.1) is 6.58 Å². The number of hydrogen-bond donors (Lipinski definition) is 3. The van der Waals surface area contributed by atoms with Crippen LogP contribution < -0.4 is 16.4 Å². The van der Waals surface area contributed by atoms with E-state index in [1.807, 2.05) is 0 Å². The molecule has 0 aliphatic heterocycles. The molecule has 0 spiro atoms. The first-order valence-electron chi connectivity index (χ1n) is 6.31. The lowest BCUT2D eigenvalue weighted by atomic mass is 10.2. The van der Waals surface area contributed by atoms with Crippen LogP contribution in [-0.4, -0.2) is 16.5 Å². The van der Waals surface area contributed by atoms with Crippen LogP contribution in [0.15, 0.2) is 43.2 Å². The summed E-state index contributed by atoms with van der Waals surface area (Å²) in [4.78, 5) is 7.90. The summed E-state index contributed by atoms with van der Waals surface area (Å²) in [6, 6.07) is 4.77. The molecule has 0 aliphatic rings. The largest absolute Gasteiger partial charge is 0.416 e. The molecule has 0 saturated heterocycles. The van der Waals surface area contributed by atoms with E-state index in [1.54, 1.807) is 6.08 Å². The molecule has 1 aromatic heterocycles. The normalized spacial score (nSPS) is 11.0. The highest BCUT2D eigenvalue weighted by molar-refractivity contribution is 5.77. The third kappa shape index (κ3) is 3.66. The molecule has 2 aromatic rings. The molecule has 0 amide bonds. The van der Waals surface area contributed by atoms with E-state index in [1.165, 1.54) is 18.5 Å². The Bertz CT molecular complexity index is 670. The van der Waals surface area contributed by atoms with Crippen LogP contribution in [0.4, 0.5) is 36.2 Å². The minimum atomic E-state index is -4.41. The zero-order chi connectivity index (χ0) is 16.2. The van der Waals surface area contributed by atoms with Gasteiger partial charge in [0.15, 0.2) is 11.6 Å². The lowest BCUT2D eigenvalue weighted by Gasteiger charge is -2.13. The predicted molar refractivity (Wildman–Crippen MR) is 79.9 cm³/mol. The van der Waals surface area contributed by atoms with Crippen molar-refractivity contribution in [3.63, 3.8) is 0 Å². The average molecular weight is 309 g/mol. The fraction of sp³-hybridized carbons (Fsp3) is 0.143. The van der Waals surface area contributed by atoms with Gasteiger partial charge in [0.05, 0.1) is 5.56 Å². The fourth-order valence-electron chi connectivity index (χ4n) is 1.71. The van der Waals surface area contributed by atoms with Crippen LogP contribution in [0.1, 0.15) is 5.56 Å². The summed E-state index contributed by atoms with van der Waals surface area (Å²) in [7, 11) is 0. The number of alkyl halides is 3. The van der Waals surface area contributed by atoms with Crippen molar-refractivity contribution in [3.05, 3.63) is 48.8 Å². The van der Waals surface area contributed by atoms with Gasteiger partial charge in [0, 0.05) is 12.2 Å². The topological polar surface area (TPSA) is 75.9 Å². The Morgan fingerprint density at radius 1 is 1.23 bits per heavy atom. The second-order valence-electron chi connectivity index (χ2n) is 4.36. The third-order valence-electron chi connectivity index (χ3n) is 2.75. The maximum absolute atomic E-state index is 12.7. The molecule has 22 heavy (non-hydrogen) atoms. The number of anilines is 4. The Kier molecular flexibility index (Phi) is 4.50. The molecular weight excluding hydrogens is 295 g/mol. The Morgan fingerprint density at radius 3 is 2.64 bits per heavy atom. The maximum atomic E-state index is 12.7. The summed E-state index contributed by atoms with van der Waals surface area (Å²) in [5.41, 5.74) is 5.58. The molecule has 0 atom stereocenters. The van der Waals surface area contributed by atoms with Crippen molar-refractivity contribution in [2.24, 2.45) is 0 Å². The zero-order valence-electron chi connectivity index (χ0n) is 11.5. The van der Waals surface area contributed by atoms with Crippen molar-refractivity contribution < 1.29 is 13.2 Å². The summed E-state index contributed by atoms with van der Waals surface area (Å²) < 4.78 is 38.1. The Balaban J connectivity index is 2.26. The van der Waals surface area contributed by atoms with E-state index >= 15 is 0 Å². The summed E-state index contributed by atoms with van der Waals surface area (Å²) >= 11 is 0. The second kappa shape index (κ2) is 6.33. The molecule has 8 heteroatoms. The van der Waals surface area contributed by atoms with E-state index < -0.39 is 11.7 Å². The highest BCUT2D eigenvalue weighted by Gasteiger charge is 2.30. The van der Waals surface area contributed by atoms with Crippen LogP contribution in [0.5, 0.6) is 0 Å². The summed E-state index contributed by atoms with van der Waals surface area (Å²) in [5, 5.41) is 5.67. The number of rotatable bonds is 5. The van der Waals surface area contributed by atoms with Gasteiger partial charge in [0.25, 0.3) is 0 Å². The van der Waals surface area contributed by atoms with Gasteiger partial charge in [-0.25, -0.2) is 9.97 Å². The van der Waals surface area contributed by atoms with E-state index in [0.29, 0.717) is 12.4 Å². The van der Waals surface area contributed by atoms with Crippen LogP contribution in [0.2, 0.25) is 0 Å². The van der Waals surface area contributed by atoms with Crippen molar-refractivity contribution in [1.29, 1.82) is 0 Å². The standard InChI is InChI=1S/C14H14F3N5/c1-2-6-19-12-11(18)13(21-8-20-12)22-10-5-3-4-9(7-10)14(15,16)17/h2-5,7-8H,1,6,18H2,(H2,19,20,21,22). The van der Waals surface area contributed by atoms with Crippen molar-refractivity contribution in [2.45, 2.75) is 6.18 Å². The number of aromatic nitrogens is 2. The molecule has 0 radical (unpaired) electrons. The molecule has 0 bridgehead atoms. The highest BCUT2D eigenvalue weighted by Crippen LogP contribution is 2.32. The lowest BCUT2D eigenvalue weighted by molar-refractivity contribution is -0.137. The van der Waals surface area contributed by atoms with E-state index in [0.717, 1.165) is 12.1 Å². The number of nitrogens with zero attached hydrogens (tertiary/aromatic N) is 2. The van der Waals surface area contributed by atoms with Crippen LogP contribution in [-0.2, 0) is 6.18 Å². The summed E-state index contributed by atoms with van der Waals surface area (Å²) in [6.45, 7) is 4.01. The van der Waals surface area contributed by atoms with E-state index in [9.17, 15) is 13.2 Å². The minimum absolute atomic E-state index is 0.210. The molecule has 116 valence electrons. The third-order valence-corrected chi connectivity index (χ3v) is 2.75. The Labute approximate surface area is 125 Å². The summed E-state index contributed by atoms with van der Waals surface area (Å²) in [6.07, 6.45) is -1.52. The van der Waals surface area contributed by atoms with Crippen LogP contribution in [0, 0.1) is 0 Å². The quantitative estimate of drug-likeness (QED) is 0.738. The molecule has 5 nitrogen and oxygen atoms in total. The smallest absolute Gasteiger partial charge is 0.393 e. The highest BCUT2D eigenvalue weighted by atomic mass is 19.4. The van der Waals surface area contributed by atoms with E-state index in [2.05, 4.69) is 27.2 Å².